The minimum Gasteiger partial charge on any atom is -0.483 e. The van der Waals surface area contributed by atoms with Gasteiger partial charge in [0.05, 0.1) is 4.47 Å². The first-order valence-electron chi connectivity index (χ1n) is 8.00. The molecule has 0 unspecified atom stereocenters. The summed E-state index contributed by atoms with van der Waals surface area (Å²) in [5.41, 5.74) is 1.97. The summed E-state index contributed by atoms with van der Waals surface area (Å²) < 4.78 is 6.45. The summed E-state index contributed by atoms with van der Waals surface area (Å²) in [5.74, 6) is 0.283. The van der Waals surface area contributed by atoms with Gasteiger partial charge in [-0.15, -0.1) is 0 Å². The third-order valence-corrected chi connectivity index (χ3v) is 4.77. The molecule has 0 spiro atoms. The van der Waals surface area contributed by atoms with Crippen LogP contribution >= 0.6 is 28.1 Å². The molecular weight excluding hydrogens is 412 g/mol. The standard InChI is InChI=1S/C20H17BrN2O2S/c1-13-6-9-15(10-7-13)22-20(26)23-18(24)12-25-17-11-8-14-4-2-3-5-16(14)19(17)21/h2-11H,12H2,1H3,(H2,22,23,24,26). The average Bonchev–Trinajstić information content (AvgIpc) is 2.63. The van der Waals surface area contributed by atoms with Crippen LogP contribution in [0.4, 0.5) is 5.69 Å². The molecule has 1 amide bonds. The van der Waals surface area contributed by atoms with Crippen LogP contribution in [0.2, 0.25) is 0 Å². The molecule has 4 nitrogen and oxygen atoms in total. The number of carbonyl (C=O) groups is 1. The lowest BCUT2D eigenvalue weighted by atomic mass is 10.1. The molecule has 3 aromatic rings. The van der Waals surface area contributed by atoms with Gasteiger partial charge >= 0.3 is 0 Å². The maximum absolute atomic E-state index is 12.1. The second-order valence-electron chi connectivity index (χ2n) is 5.76. The third kappa shape index (κ3) is 4.59. The minimum absolute atomic E-state index is 0.132. The van der Waals surface area contributed by atoms with Crippen LogP contribution in [0, 0.1) is 6.92 Å². The molecule has 0 atom stereocenters. The number of halogens is 1. The molecule has 26 heavy (non-hydrogen) atoms. The smallest absolute Gasteiger partial charge is 0.264 e. The Kier molecular flexibility index (Phi) is 5.85. The number of amides is 1. The summed E-state index contributed by atoms with van der Waals surface area (Å²) in [6.07, 6.45) is 0. The Bertz CT molecular complexity index is 958. The van der Waals surface area contributed by atoms with Crippen molar-refractivity contribution in [1.29, 1.82) is 0 Å². The molecule has 132 valence electrons. The third-order valence-electron chi connectivity index (χ3n) is 3.75. The number of ether oxygens (including phenoxy) is 1. The fraction of sp³-hybridized carbons (Fsp3) is 0.100. The summed E-state index contributed by atoms with van der Waals surface area (Å²) in [6.45, 7) is 1.87. The molecule has 2 N–H and O–H groups in total. The lowest BCUT2D eigenvalue weighted by Gasteiger charge is -2.12. The summed E-state index contributed by atoms with van der Waals surface area (Å²) in [6, 6.07) is 19.5. The number of aryl methyl sites for hydroxylation is 1. The number of thiocarbonyl (C=S) groups is 1. The Morgan fingerprint density at radius 2 is 1.81 bits per heavy atom. The molecule has 0 aliphatic heterocycles. The highest BCUT2D eigenvalue weighted by Gasteiger charge is 2.10. The monoisotopic (exact) mass is 428 g/mol. The number of rotatable bonds is 4. The van der Waals surface area contributed by atoms with Crippen LogP contribution in [-0.4, -0.2) is 17.6 Å². The van der Waals surface area contributed by atoms with E-state index >= 15 is 0 Å². The molecule has 0 saturated heterocycles. The zero-order valence-electron chi connectivity index (χ0n) is 14.1. The first kappa shape index (κ1) is 18.4. The Labute approximate surface area is 165 Å². The molecule has 0 aliphatic carbocycles. The van der Waals surface area contributed by atoms with Crippen molar-refractivity contribution in [3.8, 4) is 5.75 Å². The van der Waals surface area contributed by atoms with Crippen molar-refractivity contribution in [2.24, 2.45) is 0 Å². The minimum atomic E-state index is -0.324. The second-order valence-corrected chi connectivity index (χ2v) is 6.96. The van der Waals surface area contributed by atoms with Gasteiger partial charge in [-0.25, -0.2) is 0 Å². The number of hydrogen-bond donors (Lipinski definition) is 2. The van der Waals surface area contributed by atoms with Crippen molar-refractivity contribution in [1.82, 2.24) is 5.32 Å². The van der Waals surface area contributed by atoms with E-state index in [2.05, 4.69) is 26.6 Å². The van der Waals surface area contributed by atoms with Gasteiger partial charge < -0.3 is 10.1 Å². The van der Waals surface area contributed by atoms with E-state index in [-0.39, 0.29) is 17.6 Å². The predicted molar refractivity (Wildman–Crippen MR) is 113 cm³/mol. The van der Waals surface area contributed by atoms with Crippen molar-refractivity contribution < 1.29 is 9.53 Å². The number of anilines is 1. The molecule has 0 radical (unpaired) electrons. The molecule has 6 heteroatoms. The highest BCUT2D eigenvalue weighted by Crippen LogP contribution is 2.32. The topological polar surface area (TPSA) is 50.4 Å². The number of hydrogen-bond acceptors (Lipinski definition) is 3. The van der Waals surface area contributed by atoms with Crippen LogP contribution in [0.25, 0.3) is 10.8 Å². The first-order valence-corrected chi connectivity index (χ1v) is 9.20. The van der Waals surface area contributed by atoms with Gasteiger partial charge in [-0.2, -0.15) is 0 Å². The van der Waals surface area contributed by atoms with Crippen molar-refractivity contribution in [3.63, 3.8) is 0 Å². The fourth-order valence-corrected chi connectivity index (χ4v) is 3.27. The quantitative estimate of drug-likeness (QED) is 0.585. The maximum atomic E-state index is 12.1. The van der Waals surface area contributed by atoms with Crippen molar-refractivity contribution in [2.45, 2.75) is 6.92 Å². The summed E-state index contributed by atoms with van der Waals surface area (Å²) in [4.78, 5) is 12.1. The second kappa shape index (κ2) is 8.29. The first-order chi connectivity index (χ1) is 12.5. The van der Waals surface area contributed by atoms with Gasteiger partial charge in [0.15, 0.2) is 11.7 Å². The number of nitrogens with one attached hydrogen (secondary N) is 2. The van der Waals surface area contributed by atoms with Crippen LogP contribution < -0.4 is 15.4 Å². The Balaban J connectivity index is 1.56. The molecule has 3 aromatic carbocycles. The van der Waals surface area contributed by atoms with Crippen LogP contribution in [0.5, 0.6) is 5.75 Å². The Morgan fingerprint density at radius 3 is 2.58 bits per heavy atom. The van der Waals surface area contributed by atoms with E-state index in [1.807, 2.05) is 67.6 Å². The van der Waals surface area contributed by atoms with E-state index in [0.717, 1.165) is 26.5 Å². The molecule has 0 bridgehead atoms. The van der Waals surface area contributed by atoms with E-state index in [4.69, 9.17) is 17.0 Å². The molecule has 0 fully saturated rings. The van der Waals surface area contributed by atoms with Crippen molar-refractivity contribution in [2.75, 3.05) is 11.9 Å². The Hall–Kier alpha value is -2.44. The predicted octanol–water partition coefficient (Wildman–Crippen LogP) is 4.80. The van der Waals surface area contributed by atoms with Crippen LogP contribution in [0.15, 0.2) is 65.1 Å². The molecule has 0 heterocycles. The largest absolute Gasteiger partial charge is 0.483 e. The van der Waals surface area contributed by atoms with E-state index in [9.17, 15) is 4.79 Å². The van der Waals surface area contributed by atoms with Gasteiger partial charge in [-0.05, 0) is 64.0 Å². The van der Waals surface area contributed by atoms with Gasteiger partial charge in [0.2, 0.25) is 0 Å². The van der Waals surface area contributed by atoms with Crippen LogP contribution in [0.1, 0.15) is 5.56 Å². The lowest BCUT2D eigenvalue weighted by Crippen LogP contribution is -2.37. The molecule has 3 rings (SSSR count). The van der Waals surface area contributed by atoms with E-state index in [0.29, 0.717) is 5.75 Å². The molecule has 0 aliphatic rings. The van der Waals surface area contributed by atoms with Crippen molar-refractivity contribution in [3.05, 3.63) is 70.7 Å². The number of carbonyl (C=O) groups excluding carboxylic acids is 1. The fourth-order valence-electron chi connectivity index (χ4n) is 2.43. The Morgan fingerprint density at radius 1 is 1.08 bits per heavy atom. The van der Waals surface area contributed by atoms with Crippen molar-refractivity contribution >= 4 is 55.6 Å². The average molecular weight is 429 g/mol. The van der Waals surface area contributed by atoms with Gasteiger partial charge in [0, 0.05) is 5.69 Å². The maximum Gasteiger partial charge on any atom is 0.264 e. The zero-order valence-corrected chi connectivity index (χ0v) is 16.5. The van der Waals surface area contributed by atoms with E-state index in [1.165, 1.54) is 0 Å². The van der Waals surface area contributed by atoms with Gasteiger partial charge in [-0.3, -0.25) is 10.1 Å². The zero-order chi connectivity index (χ0) is 18.5. The van der Waals surface area contributed by atoms with Crippen LogP contribution in [0.3, 0.4) is 0 Å². The van der Waals surface area contributed by atoms with Gasteiger partial charge in [0.25, 0.3) is 5.91 Å². The number of fused-ring (bicyclic) bond motifs is 1. The highest BCUT2D eigenvalue weighted by molar-refractivity contribution is 9.10. The molecule has 0 aromatic heterocycles. The summed E-state index contributed by atoms with van der Waals surface area (Å²) in [5, 5.41) is 7.94. The van der Waals surface area contributed by atoms with E-state index in [1.54, 1.807) is 0 Å². The highest BCUT2D eigenvalue weighted by atomic mass is 79.9. The summed E-state index contributed by atoms with van der Waals surface area (Å²) >= 11 is 8.70. The molecular formula is C20H17BrN2O2S. The van der Waals surface area contributed by atoms with Gasteiger partial charge in [-0.1, -0.05) is 48.0 Å². The SMILES string of the molecule is Cc1ccc(NC(=S)NC(=O)COc2ccc3ccccc3c2Br)cc1. The lowest BCUT2D eigenvalue weighted by molar-refractivity contribution is -0.121. The van der Waals surface area contributed by atoms with Crippen LogP contribution in [-0.2, 0) is 4.79 Å². The molecule has 0 saturated carbocycles. The van der Waals surface area contributed by atoms with E-state index < -0.39 is 0 Å². The summed E-state index contributed by atoms with van der Waals surface area (Å²) in [7, 11) is 0. The normalized spacial score (nSPS) is 10.4. The van der Waals surface area contributed by atoms with Gasteiger partial charge in [0.1, 0.15) is 5.75 Å². The number of benzene rings is 3.